The summed E-state index contributed by atoms with van der Waals surface area (Å²) in [5, 5.41) is 8.94. The van der Waals surface area contributed by atoms with Crippen LogP contribution in [0.3, 0.4) is 0 Å². The van der Waals surface area contributed by atoms with Crippen LogP contribution in [0.15, 0.2) is 201 Å². The fraction of sp³-hybridized carbons (Fsp3) is 0. The van der Waals surface area contributed by atoms with Crippen molar-refractivity contribution in [1.82, 2.24) is 0 Å². The average molecular weight is 718 g/mol. The van der Waals surface area contributed by atoms with Crippen LogP contribution in [-0.2, 0) is 0 Å². The monoisotopic (exact) mass is 717 g/mol. The van der Waals surface area contributed by atoms with Gasteiger partial charge in [-0.2, -0.15) is 0 Å². The first-order valence-electron chi connectivity index (χ1n) is 18.9. The number of anilines is 3. The Labute approximate surface area is 321 Å². The Hall–Kier alpha value is -7.56. The lowest BCUT2D eigenvalue weighted by Crippen LogP contribution is -2.09. The third-order valence-electron chi connectivity index (χ3n) is 11.2. The lowest BCUT2D eigenvalue weighted by atomic mass is 9.96. The topological polar surface area (TPSA) is 42.7 Å². The molecule has 0 amide bonds. The summed E-state index contributed by atoms with van der Waals surface area (Å²) in [7, 11) is 0. The Kier molecular flexibility index (Phi) is 6.60. The van der Waals surface area contributed by atoms with Gasteiger partial charge in [0.1, 0.15) is 33.5 Å². The molecule has 0 saturated carbocycles. The van der Waals surface area contributed by atoms with Crippen molar-refractivity contribution in [2.45, 2.75) is 0 Å². The Morgan fingerprint density at radius 3 is 1.86 bits per heavy atom. The number of hydrogen-bond acceptors (Lipinski definition) is 4. The van der Waals surface area contributed by atoms with E-state index in [0.29, 0.717) is 0 Å². The minimum atomic E-state index is 0.845. The molecule has 12 rings (SSSR count). The smallest absolute Gasteiger partial charge is 0.143 e. The Balaban J connectivity index is 0.997. The first-order chi connectivity index (χ1) is 27.7. The molecule has 9 aromatic carbocycles. The molecule has 0 radical (unpaired) electrons. The molecule has 0 unspecified atom stereocenters. The van der Waals surface area contributed by atoms with E-state index in [1.165, 1.54) is 10.8 Å². The van der Waals surface area contributed by atoms with Gasteiger partial charge in [-0.15, -0.1) is 0 Å². The van der Waals surface area contributed by atoms with Crippen LogP contribution < -0.4 is 4.90 Å². The molecule has 0 aliphatic heterocycles. The molecular weight excluding hydrogens is 687 g/mol. The summed E-state index contributed by atoms with van der Waals surface area (Å²) in [4.78, 5) is 2.31. The molecule has 0 atom stereocenters. The fourth-order valence-electron chi connectivity index (χ4n) is 8.62. The fourth-order valence-corrected chi connectivity index (χ4v) is 8.62. The molecule has 0 spiro atoms. The van der Waals surface area contributed by atoms with Crippen LogP contribution in [0.5, 0.6) is 0 Å². The number of fused-ring (bicyclic) bond motifs is 10. The first-order valence-corrected chi connectivity index (χ1v) is 18.9. The SMILES string of the molecule is c1ccc(N(c2ccc3ccccc3c2)c2ccc3oc4ccc(-c5cccc6c5oc5cccc(-c7ccc8c(c7)oc7ccccc78)c56)cc4c3c2)cc1. The lowest BCUT2D eigenvalue weighted by molar-refractivity contribution is 0.668. The number of para-hydroxylation sites is 3. The maximum atomic E-state index is 6.74. The molecule has 0 fully saturated rings. The third-order valence-corrected chi connectivity index (χ3v) is 11.2. The highest BCUT2D eigenvalue weighted by Gasteiger charge is 2.20. The second-order valence-corrected chi connectivity index (χ2v) is 14.5. The van der Waals surface area contributed by atoms with Crippen molar-refractivity contribution in [3.63, 3.8) is 0 Å². The molecule has 3 heterocycles. The van der Waals surface area contributed by atoms with Gasteiger partial charge in [0.15, 0.2) is 0 Å². The van der Waals surface area contributed by atoms with Crippen LogP contribution in [0.1, 0.15) is 0 Å². The predicted octanol–water partition coefficient (Wildman–Crippen LogP) is 15.3. The number of hydrogen-bond donors (Lipinski definition) is 0. The van der Waals surface area contributed by atoms with Crippen molar-refractivity contribution >= 4 is 93.7 Å². The zero-order valence-corrected chi connectivity index (χ0v) is 30.1. The van der Waals surface area contributed by atoms with Crippen LogP contribution in [0.2, 0.25) is 0 Å². The molecule has 0 aliphatic carbocycles. The van der Waals surface area contributed by atoms with Gasteiger partial charge < -0.3 is 18.2 Å². The van der Waals surface area contributed by atoms with Gasteiger partial charge in [0.2, 0.25) is 0 Å². The summed E-state index contributed by atoms with van der Waals surface area (Å²) in [5.41, 5.74) is 12.7. The van der Waals surface area contributed by atoms with E-state index in [4.69, 9.17) is 13.3 Å². The van der Waals surface area contributed by atoms with E-state index >= 15 is 0 Å². The predicted molar refractivity (Wildman–Crippen MR) is 231 cm³/mol. The largest absolute Gasteiger partial charge is 0.456 e. The second kappa shape index (κ2) is 12.0. The third kappa shape index (κ3) is 4.73. The van der Waals surface area contributed by atoms with E-state index in [0.717, 1.165) is 105 Å². The van der Waals surface area contributed by atoms with Gasteiger partial charge in [0.25, 0.3) is 0 Å². The van der Waals surface area contributed by atoms with Gasteiger partial charge in [-0.05, 0) is 106 Å². The zero-order valence-electron chi connectivity index (χ0n) is 30.1. The second-order valence-electron chi connectivity index (χ2n) is 14.5. The molecule has 0 aliphatic rings. The van der Waals surface area contributed by atoms with E-state index < -0.39 is 0 Å². The van der Waals surface area contributed by atoms with Crippen molar-refractivity contribution in [1.29, 1.82) is 0 Å². The standard InChI is InChI=1S/C52H31NO3/c1-2-12-36(13-3-1)53(37-23-20-32-10-4-5-11-33(32)28-37)38-24-27-48-45(31-38)44-29-34(22-26-47(44)54-48)40-16-8-17-43-51-39(15-9-19-49(51)56-52(40)43)35-21-25-42-41-14-6-7-18-46(41)55-50(42)30-35/h1-31H. The highest BCUT2D eigenvalue weighted by molar-refractivity contribution is 6.17. The molecule has 4 heteroatoms. The minimum Gasteiger partial charge on any atom is -0.456 e. The van der Waals surface area contributed by atoms with Crippen LogP contribution >= 0.6 is 0 Å². The summed E-state index contributed by atoms with van der Waals surface area (Å²) in [6, 6.07) is 66.1. The Morgan fingerprint density at radius 1 is 0.304 bits per heavy atom. The van der Waals surface area contributed by atoms with Crippen molar-refractivity contribution in [3.8, 4) is 22.3 Å². The van der Waals surface area contributed by atoms with Crippen LogP contribution in [0.25, 0.3) is 98.8 Å². The van der Waals surface area contributed by atoms with Gasteiger partial charge in [-0.3, -0.25) is 0 Å². The number of rotatable bonds is 5. The molecule has 262 valence electrons. The molecule has 0 saturated heterocycles. The van der Waals surface area contributed by atoms with Crippen molar-refractivity contribution in [2.75, 3.05) is 4.90 Å². The summed E-state index contributed by atoms with van der Waals surface area (Å²) in [5.74, 6) is 0. The van der Waals surface area contributed by atoms with Gasteiger partial charge >= 0.3 is 0 Å². The lowest BCUT2D eigenvalue weighted by Gasteiger charge is -2.25. The Bertz CT molecular complexity index is 3500. The Morgan fingerprint density at radius 2 is 0.929 bits per heavy atom. The maximum absolute atomic E-state index is 6.74. The van der Waals surface area contributed by atoms with E-state index in [2.05, 4.69) is 181 Å². The number of furan rings is 3. The van der Waals surface area contributed by atoms with Crippen LogP contribution in [-0.4, -0.2) is 0 Å². The summed E-state index contributed by atoms with van der Waals surface area (Å²) >= 11 is 0. The minimum absolute atomic E-state index is 0.845. The molecule has 3 aromatic heterocycles. The number of benzene rings is 9. The molecule has 56 heavy (non-hydrogen) atoms. The van der Waals surface area contributed by atoms with Crippen molar-refractivity contribution in [3.05, 3.63) is 188 Å². The van der Waals surface area contributed by atoms with Gasteiger partial charge in [-0.1, -0.05) is 109 Å². The maximum Gasteiger partial charge on any atom is 0.143 e. The summed E-state index contributed by atoms with van der Waals surface area (Å²) in [6.07, 6.45) is 0. The first kappa shape index (κ1) is 30.9. The van der Waals surface area contributed by atoms with Crippen molar-refractivity contribution in [2.24, 2.45) is 0 Å². The average Bonchev–Trinajstić information content (AvgIpc) is 3.95. The van der Waals surface area contributed by atoms with E-state index in [9.17, 15) is 0 Å². The molecular formula is C52H31NO3. The van der Waals surface area contributed by atoms with Gasteiger partial charge in [0.05, 0.1) is 0 Å². The zero-order chi connectivity index (χ0) is 36.7. The highest BCUT2D eigenvalue weighted by atomic mass is 16.3. The van der Waals surface area contributed by atoms with Gasteiger partial charge in [-0.25, -0.2) is 0 Å². The normalized spacial score (nSPS) is 11.9. The molecule has 0 bridgehead atoms. The van der Waals surface area contributed by atoms with Crippen LogP contribution in [0.4, 0.5) is 17.1 Å². The molecule has 0 N–H and O–H groups in total. The van der Waals surface area contributed by atoms with Crippen molar-refractivity contribution < 1.29 is 13.3 Å². The summed E-state index contributed by atoms with van der Waals surface area (Å²) in [6.45, 7) is 0. The summed E-state index contributed by atoms with van der Waals surface area (Å²) < 4.78 is 19.5. The van der Waals surface area contributed by atoms with E-state index in [-0.39, 0.29) is 0 Å². The van der Waals surface area contributed by atoms with E-state index in [1.54, 1.807) is 0 Å². The quantitative estimate of drug-likeness (QED) is 0.178. The van der Waals surface area contributed by atoms with E-state index in [1.807, 2.05) is 12.1 Å². The molecule has 12 aromatic rings. The highest BCUT2D eigenvalue weighted by Crippen LogP contribution is 2.44. The van der Waals surface area contributed by atoms with Crippen LogP contribution in [0, 0.1) is 0 Å². The molecule has 4 nitrogen and oxygen atoms in total. The number of nitrogens with zero attached hydrogens (tertiary/aromatic N) is 1. The van der Waals surface area contributed by atoms with Gasteiger partial charge in [0, 0.05) is 54.9 Å².